The molecular weight excluding hydrogens is 350 g/mol. The van der Waals surface area contributed by atoms with E-state index in [-0.39, 0.29) is 11.7 Å². The van der Waals surface area contributed by atoms with Crippen LogP contribution in [0.5, 0.6) is 5.75 Å². The Labute approximate surface area is 165 Å². The maximum atomic E-state index is 12.9. The van der Waals surface area contributed by atoms with Crippen LogP contribution in [0.2, 0.25) is 0 Å². The number of carbonyl (C=O) groups is 1. The van der Waals surface area contributed by atoms with E-state index in [1.807, 2.05) is 59.5 Å². The van der Waals surface area contributed by atoms with E-state index in [1.54, 1.807) is 13.2 Å². The molecule has 4 rings (SSSR count). The second-order valence-corrected chi connectivity index (χ2v) is 7.47. The minimum atomic E-state index is 0.0643. The van der Waals surface area contributed by atoms with Gasteiger partial charge in [-0.1, -0.05) is 42.5 Å². The summed E-state index contributed by atoms with van der Waals surface area (Å²) >= 11 is 0. The predicted octanol–water partition coefficient (Wildman–Crippen LogP) is 4.71. The molecular formula is C24H25NO3. The van der Waals surface area contributed by atoms with Gasteiger partial charge in [0, 0.05) is 31.3 Å². The van der Waals surface area contributed by atoms with E-state index in [0.29, 0.717) is 18.1 Å². The van der Waals surface area contributed by atoms with Crippen molar-refractivity contribution < 1.29 is 14.6 Å². The smallest absolute Gasteiger partial charge is 0.253 e. The van der Waals surface area contributed by atoms with Gasteiger partial charge < -0.3 is 14.7 Å². The summed E-state index contributed by atoms with van der Waals surface area (Å²) in [6.45, 7) is 2.24. The first-order valence-electron chi connectivity index (χ1n) is 9.76. The van der Waals surface area contributed by atoms with Gasteiger partial charge in [0.25, 0.3) is 5.91 Å². The number of ether oxygens (including phenoxy) is 1. The molecule has 4 nitrogen and oxygen atoms in total. The van der Waals surface area contributed by atoms with Crippen molar-refractivity contribution in [3.8, 4) is 16.9 Å². The average molecular weight is 375 g/mol. The quantitative estimate of drug-likeness (QED) is 0.718. The van der Waals surface area contributed by atoms with Crippen molar-refractivity contribution in [2.45, 2.75) is 12.8 Å². The summed E-state index contributed by atoms with van der Waals surface area (Å²) < 4.78 is 5.26. The number of phenols is 1. The van der Waals surface area contributed by atoms with Crippen LogP contribution in [0.3, 0.4) is 0 Å². The van der Waals surface area contributed by atoms with Crippen LogP contribution in [0, 0.1) is 5.92 Å². The number of fused-ring (bicyclic) bond motifs is 1. The molecule has 4 heteroatoms. The lowest BCUT2D eigenvalue weighted by molar-refractivity contribution is 0.0571. The van der Waals surface area contributed by atoms with Gasteiger partial charge in [0.15, 0.2) is 0 Å². The van der Waals surface area contributed by atoms with Crippen LogP contribution < -0.4 is 0 Å². The van der Waals surface area contributed by atoms with Gasteiger partial charge in [0.05, 0.1) is 6.61 Å². The molecule has 1 saturated heterocycles. The summed E-state index contributed by atoms with van der Waals surface area (Å²) in [5.41, 5.74) is 2.39. The molecule has 1 heterocycles. The van der Waals surface area contributed by atoms with Gasteiger partial charge in [-0.05, 0) is 53.3 Å². The highest BCUT2D eigenvalue weighted by atomic mass is 16.5. The molecule has 0 aromatic heterocycles. The molecule has 3 aromatic carbocycles. The van der Waals surface area contributed by atoms with Crippen LogP contribution in [-0.4, -0.2) is 42.7 Å². The number of hydrogen-bond donors (Lipinski definition) is 1. The zero-order chi connectivity index (χ0) is 19.5. The first kappa shape index (κ1) is 18.5. The molecule has 0 radical (unpaired) electrons. The summed E-state index contributed by atoms with van der Waals surface area (Å²) in [5, 5.41) is 12.5. The molecule has 0 unspecified atom stereocenters. The number of carbonyl (C=O) groups excluding carboxylic acids is 1. The minimum Gasteiger partial charge on any atom is -0.507 e. The number of nitrogens with zero attached hydrogens (tertiary/aromatic N) is 1. The van der Waals surface area contributed by atoms with E-state index in [2.05, 4.69) is 0 Å². The number of hydrogen-bond acceptors (Lipinski definition) is 3. The fourth-order valence-corrected chi connectivity index (χ4v) is 4.15. The highest BCUT2D eigenvalue weighted by molar-refractivity contribution is 6.00. The van der Waals surface area contributed by atoms with Crippen molar-refractivity contribution in [3.63, 3.8) is 0 Å². The molecule has 1 aliphatic heterocycles. The molecule has 1 amide bonds. The molecule has 28 heavy (non-hydrogen) atoms. The maximum Gasteiger partial charge on any atom is 0.253 e. The Morgan fingerprint density at radius 1 is 1.11 bits per heavy atom. The van der Waals surface area contributed by atoms with Crippen LogP contribution in [0.25, 0.3) is 21.9 Å². The molecule has 1 aliphatic rings. The second kappa shape index (κ2) is 8.03. The van der Waals surface area contributed by atoms with E-state index < -0.39 is 0 Å². The van der Waals surface area contributed by atoms with Crippen LogP contribution in [0.1, 0.15) is 23.2 Å². The lowest BCUT2D eigenvalue weighted by Gasteiger charge is -2.32. The SMILES string of the molecule is COC[C@@H]1CCCN(C(=O)c2ccc(-c3c(O)ccc4ccccc34)cc2)C1. The van der Waals surface area contributed by atoms with Gasteiger partial charge in [0.1, 0.15) is 5.75 Å². The van der Waals surface area contributed by atoms with Gasteiger partial charge in [-0.2, -0.15) is 0 Å². The maximum absolute atomic E-state index is 12.9. The summed E-state index contributed by atoms with van der Waals surface area (Å²) in [4.78, 5) is 14.8. The molecule has 3 aromatic rings. The molecule has 0 spiro atoms. The molecule has 0 bridgehead atoms. The van der Waals surface area contributed by atoms with Crippen molar-refractivity contribution >= 4 is 16.7 Å². The molecule has 1 N–H and O–H groups in total. The van der Waals surface area contributed by atoms with Crippen molar-refractivity contribution in [2.75, 3.05) is 26.8 Å². The lowest BCUT2D eigenvalue weighted by atomic mass is 9.95. The highest BCUT2D eigenvalue weighted by Crippen LogP contribution is 2.36. The third-order valence-corrected chi connectivity index (χ3v) is 5.54. The summed E-state index contributed by atoms with van der Waals surface area (Å²) in [6.07, 6.45) is 2.12. The number of aromatic hydroxyl groups is 1. The second-order valence-electron chi connectivity index (χ2n) is 7.47. The Morgan fingerprint density at radius 3 is 2.68 bits per heavy atom. The molecule has 0 saturated carbocycles. The van der Waals surface area contributed by atoms with E-state index in [0.717, 1.165) is 47.8 Å². The molecule has 1 atom stereocenters. The van der Waals surface area contributed by atoms with Crippen LogP contribution in [0.4, 0.5) is 0 Å². The highest BCUT2D eigenvalue weighted by Gasteiger charge is 2.24. The van der Waals surface area contributed by atoms with Crippen LogP contribution >= 0.6 is 0 Å². The Bertz CT molecular complexity index is 979. The number of piperidine rings is 1. The zero-order valence-electron chi connectivity index (χ0n) is 16.1. The number of methoxy groups -OCH3 is 1. The Kier molecular flexibility index (Phi) is 5.31. The van der Waals surface area contributed by atoms with Gasteiger partial charge >= 0.3 is 0 Å². The standard InChI is InChI=1S/C24H25NO3/c1-28-16-17-5-4-14-25(15-17)24(27)20-10-8-19(9-11-20)23-21-7-3-2-6-18(21)12-13-22(23)26/h2-3,6-13,17,26H,4-5,14-16H2,1H3/t17-/m1/s1. The predicted molar refractivity (Wildman–Crippen MR) is 112 cm³/mol. The van der Waals surface area contributed by atoms with E-state index in [1.165, 1.54) is 0 Å². The zero-order valence-corrected chi connectivity index (χ0v) is 16.1. The number of phenolic OH excluding ortho intramolecular Hbond substituents is 1. The fraction of sp³-hybridized carbons (Fsp3) is 0.292. The topological polar surface area (TPSA) is 49.8 Å². The largest absolute Gasteiger partial charge is 0.507 e. The minimum absolute atomic E-state index is 0.0643. The number of likely N-dealkylation sites (tertiary alicyclic amines) is 1. The number of rotatable bonds is 4. The molecule has 0 aliphatic carbocycles. The van der Waals surface area contributed by atoms with E-state index in [9.17, 15) is 9.90 Å². The summed E-state index contributed by atoms with van der Waals surface area (Å²) in [5.74, 6) is 0.723. The summed E-state index contributed by atoms with van der Waals surface area (Å²) in [6, 6.07) is 19.2. The monoisotopic (exact) mass is 375 g/mol. The van der Waals surface area contributed by atoms with Gasteiger partial charge in [-0.15, -0.1) is 0 Å². The first-order valence-corrected chi connectivity index (χ1v) is 9.76. The lowest BCUT2D eigenvalue weighted by Crippen LogP contribution is -2.41. The first-order chi connectivity index (χ1) is 13.7. The normalized spacial score (nSPS) is 17.0. The molecule has 1 fully saturated rings. The van der Waals surface area contributed by atoms with E-state index in [4.69, 9.17) is 4.74 Å². The van der Waals surface area contributed by atoms with Gasteiger partial charge in [-0.3, -0.25) is 4.79 Å². The Balaban J connectivity index is 1.60. The van der Waals surface area contributed by atoms with E-state index >= 15 is 0 Å². The fourth-order valence-electron chi connectivity index (χ4n) is 4.15. The third-order valence-electron chi connectivity index (χ3n) is 5.54. The molecule has 144 valence electrons. The van der Waals surface area contributed by atoms with Crippen molar-refractivity contribution in [3.05, 3.63) is 66.2 Å². The number of benzene rings is 3. The van der Waals surface area contributed by atoms with Gasteiger partial charge in [-0.25, -0.2) is 0 Å². The average Bonchev–Trinajstić information content (AvgIpc) is 2.74. The van der Waals surface area contributed by atoms with Gasteiger partial charge in [0.2, 0.25) is 0 Å². The van der Waals surface area contributed by atoms with Crippen molar-refractivity contribution in [1.82, 2.24) is 4.90 Å². The number of amides is 1. The van der Waals surface area contributed by atoms with Crippen molar-refractivity contribution in [1.29, 1.82) is 0 Å². The van der Waals surface area contributed by atoms with Crippen LogP contribution in [-0.2, 0) is 4.74 Å². The summed E-state index contributed by atoms with van der Waals surface area (Å²) in [7, 11) is 1.71. The Hall–Kier alpha value is -2.85. The van der Waals surface area contributed by atoms with Crippen LogP contribution in [0.15, 0.2) is 60.7 Å². The third kappa shape index (κ3) is 3.60. The Morgan fingerprint density at radius 2 is 1.89 bits per heavy atom. The van der Waals surface area contributed by atoms with Crippen molar-refractivity contribution in [2.24, 2.45) is 5.92 Å².